The summed E-state index contributed by atoms with van der Waals surface area (Å²) in [5, 5.41) is 17.0. The molecule has 0 saturated heterocycles. The highest BCUT2D eigenvalue weighted by Crippen LogP contribution is 2.07. The zero-order valence-corrected chi connectivity index (χ0v) is 18.7. The lowest BCUT2D eigenvalue weighted by atomic mass is 10.1. The van der Waals surface area contributed by atoms with Gasteiger partial charge in [0.25, 0.3) is 0 Å². The van der Waals surface area contributed by atoms with E-state index in [0.717, 1.165) is 38.5 Å². The summed E-state index contributed by atoms with van der Waals surface area (Å²) in [7, 11) is 0. The Hall–Kier alpha value is -1.10. The van der Waals surface area contributed by atoms with Crippen molar-refractivity contribution in [1.82, 2.24) is 0 Å². The molecule has 0 aromatic carbocycles. The van der Waals surface area contributed by atoms with Gasteiger partial charge < -0.3 is 21.7 Å². The predicted molar refractivity (Wildman–Crippen MR) is 120 cm³/mol. The Kier molecular flexibility index (Phi) is 20.9. The molecule has 0 rings (SSSR count). The number of hydrogen-bond acceptors (Lipinski definition) is 8. The number of ketones is 2. The van der Waals surface area contributed by atoms with Crippen LogP contribution in [0.3, 0.4) is 0 Å². The molecular weight excluding hydrogens is 416 g/mol. The molecule has 170 valence electrons. The number of Topliss-reactive ketones (excluding diaryl/α,β-unsaturated/α-hetero) is 2. The first-order valence-corrected chi connectivity index (χ1v) is 11.1. The van der Waals surface area contributed by atoms with Gasteiger partial charge in [-0.3, -0.25) is 19.2 Å². The number of nitrogens with two attached hydrogens (primary N) is 2. The molecule has 0 aromatic heterocycles. The largest absolute Gasteiger partial charge is 0.480 e. The molecule has 2 unspecified atom stereocenters. The molecule has 0 heterocycles. The molecule has 10 heteroatoms. The highest BCUT2D eigenvalue weighted by molar-refractivity contribution is 7.81. The molecule has 0 aliphatic rings. The minimum Gasteiger partial charge on any atom is -0.480 e. The highest BCUT2D eigenvalue weighted by Gasteiger charge is 2.11. The van der Waals surface area contributed by atoms with E-state index in [1.807, 2.05) is 0 Å². The van der Waals surface area contributed by atoms with Gasteiger partial charge in [0, 0.05) is 25.0 Å². The normalized spacial score (nSPS) is 12.4. The number of carbonyl (C=O) groups excluding carboxylic acids is 2. The van der Waals surface area contributed by atoms with Crippen molar-refractivity contribution in [1.29, 1.82) is 0 Å². The topological polar surface area (TPSA) is 161 Å². The van der Waals surface area contributed by atoms with Gasteiger partial charge in [-0.15, -0.1) is 0 Å². The molecule has 29 heavy (non-hydrogen) atoms. The van der Waals surface area contributed by atoms with Gasteiger partial charge in [-0.1, -0.05) is 25.7 Å². The van der Waals surface area contributed by atoms with Gasteiger partial charge in [0.15, 0.2) is 0 Å². The Bertz CT molecular complexity index is 491. The molecule has 0 spiro atoms. The summed E-state index contributed by atoms with van der Waals surface area (Å²) in [4.78, 5) is 42.6. The standard InChI is InChI=1S/C10H19NO3S.C9H17NO3S/c11-9(10(13)14)5-3-1-2-4-8(12)6-7-15;10-8(9(12)13)5-3-1-2-4-7(11)6-14/h9,15H,1-7,11H2,(H,13,14);8,14H,1-6,10H2,(H,12,13). The third kappa shape index (κ3) is 21.4. The van der Waals surface area contributed by atoms with Gasteiger partial charge in [-0.25, -0.2) is 0 Å². The van der Waals surface area contributed by atoms with Crippen molar-refractivity contribution < 1.29 is 29.4 Å². The van der Waals surface area contributed by atoms with E-state index in [1.165, 1.54) is 0 Å². The lowest BCUT2D eigenvalue weighted by Gasteiger charge is -2.05. The summed E-state index contributed by atoms with van der Waals surface area (Å²) in [6, 6.07) is -1.53. The van der Waals surface area contributed by atoms with Crippen LogP contribution in [0.1, 0.15) is 70.6 Å². The second-order valence-electron chi connectivity index (χ2n) is 6.80. The average Bonchev–Trinajstić information content (AvgIpc) is 2.67. The second kappa shape index (κ2) is 20.2. The van der Waals surface area contributed by atoms with E-state index < -0.39 is 24.0 Å². The Morgan fingerprint density at radius 2 is 1.07 bits per heavy atom. The van der Waals surface area contributed by atoms with E-state index in [0.29, 0.717) is 37.9 Å². The van der Waals surface area contributed by atoms with Crippen molar-refractivity contribution in [2.75, 3.05) is 11.5 Å². The quantitative estimate of drug-likeness (QED) is 0.144. The van der Waals surface area contributed by atoms with Crippen LogP contribution >= 0.6 is 25.3 Å². The third-order valence-electron chi connectivity index (χ3n) is 4.14. The van der Waals surface area contributed by atoms with Crippen molar-refractivity contribution in [2.45, 2.75) is 82.7 Å². The number of rotatable bonds is 17. The van der Waals surface area contributed by atoms with Gasteiger partial charge >= 0.3 is 11.9 Å². The van der Waals surface area contributed by atoms with Crippen LogP contribution in [-0.4, -0.2) is 57.3 Å². The van der Waals surface area contributed by atoms with Crippen molar-refractivity contribution in [3.8, 4) is 0 Å². The van der Waals surface area contributed by atoms with Crippen LogP contribution in [0.4, 0.5) is 0 Å². The first-order chi connectivity index (χ1) is 13.6. The number of thiol groups is 2. The van der Waals surface area contributed by atoms with E-state index in [4.69, 9.17) is 21.7 Å². The van der Waals surface area contributed by atoms with Crippen LogP contribution in [0.5, 0.6) is 0 Å². The van der Waals surface area contributed by atoms with Crippen molar-refractivity contribution in [3.63, 3.8) is 0 Å². The summed E-state index contributed by atoms with van der Waals surface area (Å²) in [5.41, 5.74) is 10.6. The molecular formula is C19H36N2O6S2. The second-order valence-corrected chi connectivity index (χ2v) is 7.56. The van der Waals surface area contributed by atoms with Gasteiger partial charge in [-0.2, -0.15) is 25.3 Å². The molecule has 0 radical (unpaired) electrons. The molecule has 8 nitrogen and oxygen atoms in total. The fourth-order valence-corrected chi connectivity index (χ4v) is 2.71. The Morgan fingerprint density at radius 3 is 1.41 bits per heavy atom. The Balaban J connectivity index is 0. The van der Waals surface area contributed by atoms with Crippen LogP contribution in [0, 0.1) is 0 Å². The van der Waals surface area contributed by atoms with Crippen LogP contribution in [0.2, 0.25) is 0 Å². The molecule has 0 amide bonds. The number of aliphatic carboxylic acids is 2. The van der Waals surface area contributed by atoms with E-state index >= 15 is 0 Å². The number of carboxylic acids is 2. The summed E-state index contributed by atoms with van der Waals surface area (Å²) >= 11 is 7.82. The van der Waals surface area contributed by atoms with Crippen LogP contribution in [-0.2, 0) is 19.2 Å². The highest BCUT2D eigenvalue weighted by atomic mass is 32.1. The summed E-state index contributed by atoms with van der Waals surface area (Å²) in [6.07, 6.45) is 7.44. The maximum atomic E-state index is 11.1. The first kappa shape index (κ1) is 30.1. The predicted octanol–water partition coefficient (Wildman–Crippen LogP) is 2.09. The SMILES string of the molecule is NC(CCCCCC(=O)CCS)C(=O)O.NC(CCCCCC(=O)CS)C(=O)O. The van der Waals surface area contributed by atoms with Gasteiger partial charge in [0.2, 0.25) is 0 Å². The molecule has 2 atom stereocenters. The molecule has 0 fully saturated rings. The van der Waals surface area contributed by atoms with Crippen molar-refractivity contribution >= 4 is 48.8 Å². The molecule has 0 aliphatic carbocycles. The molecule has 0 bridgehead atoms. The molecule has 0 aliphatic heterocycles. The van der Waals surface area contributed by atoms with Gasteiger partial charge in [0.05, 0.1) is 0 Å². The molecule has 6 N–H and O–H groups in total. The summed E-state index contributed by atoms with van der Waals surface area (Å²) in [6.45, 7) is 0. The first-order valence-electron chi connectivity index (χ1n) is 9.87. The van der Waals surface area contributed by atoms with Crippen molar-refractivity contribution in [3.05, 3.63) is 0 Å². The zero-order valence-electron chi connectivity index (χ0n) is 16.9. The number of carbonyl (C=O) groups is 4. The number of unbranched alkanes of at least 4 members (excludes halogenated alkanes) is 4. The minimum absolute atomic E-state index is 0.135. The van der Waals surface area contributed by atoms with Gasteiger partial charge in [0.1, 0.15) is 23.7 Å². The van der Waals surface area contributed by atoms with Crippen molar-refractivity contribution in [2.24, 2.45) is 11.5 Å². The third-order valence-corrected chi connectivity index (χ3v) is 4.72. The lowest BCUT2D eigenvalue weighted by Crippen LogP contribution is -2.29. The lowest BCUT2D eigenvalue weighted by molar-refractivity contribution is -0.139. The summed E-state index contributed by atoms with van der Waals surface area (Å²) < 4.78 is 0. The fourth-order valence-electron chi connectivity index (χ4n) is 2.30. The minimum atomic E-state index is -0.962. The fraction of sp³-hybridized carbons (Fsp3) is 0.789. The average molecular weight is 453 g/mol. The molecule has 0 saturated carbocycles. The summed E-state index contributed by atoms with van der Waals surface area (Å²) in [5.74, 6) is -0.668. The molecule has 0 aromatic rings. The maximum Gasteiger partial charge on any atom is 0.320 e. The number of carboxylic acid groups (broad SMARTS) is 2. The van der Waals surface area contributed by atoms with E-state index in [2.05, 4.69) is 25.3 Å². The Morgan fingerprint density at radius 1 is 0.655 bits per heavy atom. The number of hydrogen-bond donors (Lipinski definition) is 6. The van der Waals surface area contributed by atoms with E-state index in [1.54, 1.807) is 0 Å². The smallest absolute Gasteiger partial charge is 0.320 e. The van der Waals surface area contributed by atoms with Crippen LogP contribution in [0.15, 0.2) is 0 Å². The monoisotopic (exact) mass is 452 g/mol. The Labute approximate surface area is 184 Å². The maximum absolute atomic E-state index is 11.1. The van der Waals surface area contributed by atoms with Crippen LogP contribution < -0.4 is 11.5 Å². The zero-order chi connectivity index (χ0) is 22.7. The van der Waals surface area contributed by atoms with Gasteiger partial charge in [-0.05, 0) is 31.4 Å². The van der Waals surface area contributed by atoms with E-state index in [9.17, 15) is 19.2 Å². The van der Waals surface area contributed by atoms with Crippen LogP contribution in [0.25, 0.3) is 0 Å². The van der Waals surface area contributed by atoms with E-state index in [-0.39, 0.29) is 17.3 Å².